The number of hydrogen-bond acceptors (Lipinski definition) is 3. The summed E-state index contributed by atoms with van der Waals surface area (Å²) in [6.07, 6.45) is 0. The lowest BCUT2D eigenvalue weighted by Crippen LogP contribution is -1.99. The minimum absolute atomic E-state index is 0.377. The first-order chi connectivity index (χ1) is 7.16. The van der Waals surface area contributed by atoms with Crippen molar-refractivity contribution in [2.75, 3.05) is 0 Å². The average molecular weight is 221 g/mol. The van der Waals surface area contributed by atoms with Gasteiger partial charge in [0, 0.05) is 0 Å². The van der Waals surface area contributed by atoms with Gasteiger partial charge in [-0.3, -0.25) is 0 Å². The molecular weight excluding hydrogens is 212 g/mol. The molecule has 0 aromatic heterocycles. The van der Waals surface area contributed by atoms with Crippen LogP contribution in [0.1, 0.15) is 5.56 Å². The second-order valence-corrected chi connectivity index (χ2v) is 3.83. The van der Waals surface area contributed by atoms with Crippen molar-refractivity contribution in [2.24, 2.45) is 0 Å². The predicted octanol–water partition coefficient (Wildman–Crippen LogP) is 2.32. The van der Waals surface area contributed by atoms with Crippen molar-refractivity contribution >= 4 is 22.1 Å². The Morgan fingerprint density at radius 3 is 2.40 bits per heavy atom. The minimum Gasteiger partial charge on any atom is -0.740 e. The largest absolute Gasteiger partial charge is 0.740 e. The SMILES string of the molecule is Cc1cc2ccccc2cc1OS(=O)[O-]. The molecule has 1 atom stereocenters. The fourth-order valence-electron chi connectivity index (χ4n) is 1.50. The van der Waals surface area contributed by atoms with Gasteiger partial charge in [-0.2, -0.15) is 0 Å². The number of aryl methyl sites for hydroxylation is 1. The molecule has 1 unspecified atom stereocenters. The van der Waals surface area contributed by atoms with Crippen LogP contribution in [0.4, 0.5) is 0 Å². The lowest BCUT2D eigenvalue weighted by molar-refractivity contribution is 0.439. The maximum absolute atomic E-state index is 10.4. The highest BCUT2D eigenvalue weighted by molar-refractivity contribution is 7.74. The summed E-state index contributed by atoms with van der Waals surface area (Å²) in [5.74, 6) is 0.377. The van der Waals surface area contributed by atoms with Crippen molar-refractivity contribution in [3.63, 3.8) is 0 Å². The molecule has 0 aliphatic carbocycles. The van der Waals surface area contributed by atoms with E-state index in [1.807, 2.05) is 37.3 Å². The Labute approximate surface area is 90.2 Å². The zero-order chi connectivity index (χ0) is 10.8. The van der Waals surface area contributed by atoms with Crippen LogP contribution in [0.3, 0.4) is 0 Å². The van der Waals surface area contributed by atoms with Crippen LogP contribution in [0.2, 0.25) is 0 Å². The molecule has 2 aromatic carbocycles. The van der Waals surface area contributed by atoms with E-state index in [1.54, 1.807) is 6.07 Å². The Hall–Kier alpha value is -1.39. The van der Waals surface area contributed by atoms with Crippen molar-refractivity contribution in [1.82, 2.24) is 0 Å². The van der Waals surface area contributed by atoms with E-state index in [2.05, 4.69) is 4.18 Å². The van der Waals surface area contributed by atoms with Gasteiger partial charge in [-0.15, -0.1) is 0 Å². The van der Waals surface area contributed by atoms with E-state index in [-0.39, 0.29) is 0 Å². The van der Waals surface area contributed by atoms with Gasteiger partial charge in [0.05, 0.1) is 0 Å². The van der Waals surface area contributed by atoms with Crippen molar-refractivity contribution < 1.29 is 12.9 Å². The molecule has 15 heavy (non-hydrogen) atoms. The van der Waals surface area contributed by atoms with Crippen molar-refractivity contribution in [2.45, 2.75) is 6.92 Å². The molecule has 78 valence electrons. The van der Waals surface area contributed by atoms with E-state index in [1.165, 1.54) is 0 Å². The van der Waals surface area contributed by atoms with Gasteiger partial charge in [-0.25, -0.2) is 4.21 Å². The molecule has 0 saturated carbocycles. The Bertz CT molecular complexity index is 522. The van der Waals surface area contributed by atoms with E-state index >= 15 is 0 Å². The fraction of sp³-hybridized carbons (Fsp3) is 0.0909. The van der Waals surface area contributed by atoms with Crippen molar-refractivity contribution in [3.8, 4) is 5.75 Å². The normalized spacial score (nSPS) is 12.7. The number of hydrogen-bond donors (Lipinski definition) is 0. The predicted molar refractivity (Wildman–Crippen MR) is 58.2 cm³/mol. The van der Waals surface area contributed by atoms with Gasteiger partial charge in [-0.1, -0.05) is 24.3 Å². The van der Waals surface area contributed by atoms with Crippen LogP contribution in [0.25, 0.3) is 10.8 Å². The lowest BCUT2D eigenvalue weighted by atomic mass is 10.1. The quantitative estimate of drug-likeness (QED) is 0.731. The highest BCUT2D eigenvalue weighted by Crippen LogP contribution is 2.25. The van der Waals surface area contributed by atoms with Crippen LogP contribution in [0, 0.1) is 6.92 Å². The van der Waals surface area contributed by atoms with Gasteiger partial charge in [-0.05, 0) is 35.4 Å². The molecule has 0 fully saturated rings. The molecule has 0 saturated heterocycles. The molecule has 2 aromatic rings. The van der Waals surface area contributed by atoms with Crippen LogP contribution in [0.5, 0.6) is 5.75 Å². The summed E-state index contributed by atoms with van der Waals surface area (Å²) in [6.45, 7) is 1.81. The van der Waals surface area contributed by atoms with Gasteiger partial charge in [0.2, 0.25) is 0 Å². The second-order valence-electron chi connectivity index (χ2n) is 3.25. The van der Waals surface area contributed by atoms with Crippen LogP contribution < -0.4 is 4.18 Å². The Morgan fingerprint density at radius 1 is 1.20 bits per heavy atom. The van der Waals surface area contributed by atoms with Gasteiger partial charge in [0.15, 0.2) is 0 Å². The lowest BCUT2D eigenvalue weighted by Gasteiger charge is -2.10. The van der Waals surface area contributed by atoms with Gasteiger partial charge in [0.25, 0.3) is 0 Å². The smallest absolute Gasteiger partial charge is 0.142 e. The van der Waals surface area contributed by atoms with Gasteiger partial charge in [0.1, 0.15) is 17.1 Å². The first kappa shape index (κ1) is 10.1. The minimum atomic E-state index is -2.52. The molecule has 3 nitrogen and oxygen atoms in total. The Balaban J connectivity index is 2.56. The van der Waals surface area contributed by atoms with E-state index in [0.717, 1.165) is 16.3 Å². The molecule has 2 rings (SSSR count). The van der Waals surface area contributed by atoms with Crippen LogP contribution in [-0.2, 0) is 11.4 Å². The van der Waals surface area contributed by atoms with E-state index < -0.39 is 11.4 Å². The standard InChI is InChI=1S/C11H10O3S/c1-8-6-9-4-2-3-5-10(9)7-11(8)14-15(12)13/h2-7H,1H3,(H,12,13)/p-1. The van der Waals surface area contributed by atoms with Gasteiger partial charge < -0.3 is 8.74 Å². The third-order valence-corrected chi connectivity index (χ3v) is 2.52. The number of rotatable bonds is 2. The fourth-order valence-corrected chi connectivity index (χ4v) is 1.82. The van der Waals surface area contributed by atoms with Crippen LogP contribution in [-0.4, -0.2) is 8.76 Å². The monoisotopic (exact) mass is 221 g/mol. The van der Waals surface area contributed by atoms with Crippen LogP contribution >= 0.6 is 0 Å². The molecule has 0 bridgehead atoms. The molecule has 0 spiro atoms. The Morgan fingerprint density at radius 2 is 1.80 bits per heavy atom. The summed E-state index contributed by atoms with van der Waals surface area (Å²) in [7, 11) is 0. The number of benzene rings is 2. The zero-order valence-electron chi connectivity index (χ0n) is 8.10. The number of fused-ring (bicyclic) bond motifs is 1. The van der Waals surface area contributed by atoms with E-state index in [0.29, 0.717) is 5.75 Å². The summed E-state index contributed by atoms with van der Waals surface area (Å²) in [6, 6.07) is 11.3. The highest BCUT2D eigenvalue weighted by atomic mass is 32.2. The maximum Gasteiger partial charge on any atom is 0.142 e. The molecule has 0 aliphatic rings. The molecular formula is C11H9O3S-. The molecule has 0 N–H and O–H groups in total. The molecule has 0 heterocycles. The van der Waals surface area contributed by atoms with E-state index in [4.69, 9.17) is 0 Å². The van der Waals surface area contributed by atoms with Crippen molar-refractivity contribution in [1.29, 1.82) is 0 Å². The third kappa shape index (κ3) is 2.16. The average Bonchev–Trinajstić information content (AvgIpc) is 2.18. The third-order valence-electron chi connectivity index (χ3n) is 2.20. The topological polar surface area (TPSA) is 49.4 Å². The highest BCUT2D eigenvalue weighted by Gasteiger charge is 2.02. The molecule has 4 heteroatoms. The maximum atomic E-state index is 10.4. The summed E-state index contributed by atoms with van der Waals surface area (Å²) in [4.78, 5) is 0. The Kier molecular flexibility index (Phi) is 2.70. The summed E-state index contributed by atoms with van der Waals surface area (Å²) in [5, 5.41) is 2.03. The van der Waals surface area contributed by atoms with Gasteiger partial charge >= 0.3 is 0 Å². The molecule has 0 amide bonds. The van der Waals surface area contributed by atoms with E-state index in [9.17, 15) is 8.76 Å². The van der Waals surface area contributed by atoms with Crippen LogP contribution in [0.15, 0.2) is 36.4 Å². The second kappa shape index (κ2) is 4.00. The first-order valence-electron chi connectivity index (χ1n) is 4.44. The van der Waals surface area contributed by atoms with Crippen molar-refractivity contribution in [3.05, 3.63) is 42.0 Å². The summed E-state index contributed by atoms with van der Waals surface area (Å²) >= 11 is -2.52. The summed E-state index contributed by atoms with van der Waals surface area (Å²) < 4.78 is 25.5. The summed E-state index contributed by atoms with van der Waals surface area (Å²) in [5.41, 5.74) is 0.804. The zero-order valence-corrected chi connectivity index (χ0v) is 8.91. The molecule has 0 radical (unpaired) electrons. The first-order valence-corrected chi connectivity index (χ1v) is 5.44. The molecule has 0 aliphatic heterocycles.